The molecule has 1 rings (SSSR count). The van der Waals surface area contributed by atoms with E-state index < -0.39 is 35.4 Å². The fourth-order valence-electron chi connectivity index (χ4n) is 1.04. The zero-order valence-electron chi connectivity index (χ0n) is 6.64. The molecule has 0 aliphatic heterocycles. The lowest BCUT2D eigenvalue weighted by Gasteiger charge is -2.24. The van der Waals surface area contributed by atoms with Crippen LogP contribution in [-0.2, 0) is 9.59 Å². The predicted octanol–water partition coefficient (Wildman–Crippen LogP) is 1.73. The van der Waals surface area contributed by atoms with Crippen molar-refractivity contribution in [1.82, 2.24) is 0 Å². The molecule has 0 radical (unpaired) electrons. The second kappa shape index (κ2) is 3.36. The van der Waals surface area contributed by atoms with Gasteiger partial charge in [-0.1, -0.05) is 0 Å². The van der Waals surface area contributed by atoms with E-state index in [1.807, 2.05) is 0 Å². The van der Waals surface area contributed by atoms with Gasteiger partial charge in [-0.15, -0.1) is 0 Å². The van der Waals surface area contributed by atoms with Crippen LogP contribution in [0.15, 0.2) is 23.6 Å². The maximum absolute atomic E-state index is 13.3. The summed E-state index contributed by atoms with van der Waals surface area (Å²) in [6.07, 6.45) is -0.510. The van der Waals surface area contributed by atoms with Crippen LogP contribution in [0.4, 0.5) is 17.6 Å². The van der Waals surface area contributed by atoms with Gasteiger partial charge in [-0.25, -0.2) is 17.6 Å². The Labute approximate surface area is 75.9 Å². The highest BCUT2D eigenvalue weighted by Crippen LogP contribution is 2.39. The summed E-state index contributed by atoms with van der Waals surface area (Å²) in [5.74, 6) is -7.95. The second-order valence-electron chi connectivity index (χ2n) is 2.69. The smallest absolute Gasteiger partial charge is 0.232 e. The summed E-state index contributed by atoms with van der Waals surface area (Å²) in [7, 11) is 0. The number of rotatable bonds is 2. The van der Waals surface area contributed by atoms with E-state index in [4.69, 9.17) is 0 Å². The first-order chi connectivity index (χ1) is 6.47. The molecule has 0 spiro atoms. The van der Waals surface area contributed by atoms with Gasteiger partial charge in [0.05, 0.1) is 5.92 Å². The van der Waals surface area contributed by atoms with Crippen molar-refractivity contribution in [3.63, 3.8) is 0 Å². The Morgan fingerprint density at radius 1 is 1.29 bits per heavy atom. The number of alkyl halides is 1. The minimum atomic E-state index is -3.43. The minimum absolute atomic E-state index is 0.167. The molecule has 1 aliphatic rings. The molecule has 0 aromatic carbocycles. The van der Waals surface area contributed by atoms with Crippen LogP contribution in [0.25, 0.3) is 0 Å². The normalized spacial score (nSPS) is 32.6. The van der Waals surface area contributed by atoms with Gasteiger partial charge >= 0.3 is 0 Å². The van der Waals surface area contributed by atoms with E-state index in [0.29, 0.717) is 0 Å². The number of hydrogen-bond donors (Lipinski definition) is 0. The highest BCUT2D eigenvalue weighted by molar-refractivity contribution is 5.79. The quantitative estimate of drug-likeness (QED) is 0.511. The summed E-state index contributed by atoms with van der Waals surface area (Å²) in [6.45, 7) is 0. The van der Waals surface area contributed by atoms with E-state index in [-0.39, 0.29) is 12.4 Å². The number of aldehydes is 2. The largest absolute Gasteiger partial charge is 0.303 e. The zero-order chi connectivity index (χ0) is 10.9. The molecule has 2 atom stereocenters. The Morgan fingerprint density at radius 3 is 2.29 bits per heavy atom. The molecule has 6 heteroatoms. The van der Waals surface area contributed by atoms with Crippen LogP contribution in [0.3, 0.4) is 0 Å². The number of halogens is 4. The standard InChI is InChI=1S/C8H4F4O2/c9-5-1-4(2-13)8(12,3-14)7(11)6(5)10/h1-4H. The van der Waals surface area contributed by atoms with Crippen LogP contribution < -0.4 is 0 Å². The number of hydrogen-bond acceptors (Lipinski definition) is 2. The summed E-state index contributed by atoms with van der Waals surface area (Å²) in [5, 5.41) is 0. The number of carbonyl (C=O) groups is 2. The van der Waals surface area contributed by atoms with E-state index in [9.17, 15) is 27.2 Å². The summed E-state index contributed by atoms with van der Waals surface area (Å²) < 4.78 is 51.1. The molecule has 2 nitrogen and oxygen atoms in total. The number of carbonyl (C=O) groups excluding carboxylic acids is 2. The van der Waals surface area contributed by atoms with Gasteiger partial charge in [0.2, 0.25) is 5.67 Å². The second-order valence-corrected chi connectivity index (χ2v) is 2.69. The molecule has 0 heterocycles. The van der Waals surface area contributed by atoms with E-state index in [1.165, 1.54) is 0 Å². The predicted molar refractivity (Wildman–Crippen MR) is 37.9 cm³/mol. The number of allylic oxidation sites excluding steroid dienone is 4. The average molecular weight is 208 g/mol. The first kappa shape index (κ1) is 10.6. The van der Waals surface area contributed by atoms with Gasteiger partial charge in [0.1, 0.15) is 6.29 Å². The van der Waals surface area contributed by atoms with E-state index in [1.54, 1.807) is 0 Å². The minimum Gasteiger partial charge on any atom is -0.303 e. The fourth-order valence-corrected chi connectivity index (χ4v) is 1.04. The first-order valence-electron chi connectivity index (χ1n) is 3.51. The van der Waals surface area contributed by atoms with Gasteiger partial charge in [-0.3, -0.25) is 4.79 Å². The molecule has 0 amide bonds. The fraction of sp³-hybridized carbons (Fsp3) is 0.250. The highest BCUT2D eigenvalue weighted by atomic mass is 19.2. The monoisotopic (exact) mass is 208 g/mol. The van der Waals surface area contributed by atoms with Crippen molar-refractivity contribution < 1.29 is 27.2 Å². The van der Waals surface area contributed by atoms with Crippen LogP contribution in [0, 0.1) is 5.92 Å². The molecular weight excluding hydrogens is 204 g/mol. The lowest BCUT2D eigenvalue weighted by molar-refractivity contribution is -0.124. The maximum Gasteiger partial charge on any atom is 0.232 e. The molecule has 1 aliphatic carbocycles. The van der Waals surface area contributed by atoms with Crippen LogP contribution >= 0.6 is 0 Å². The first-order valence-corrected chi connectivity index (χ1v) is 3.51. The summed E-state index contributed by atoms with van der Waals surface area (Å²) in [4.78, 5) is 20.4. The average Bonchev–Trinajstić information content (AvgIpc) is 2.20. The molecule has 0 aromatic rings. The van der Waals surface area contributed by atoms with Crippen LogP contribution in [-0.4, -0.2) is 18.2 Å². The van der Waals surface area contributed by atoms with Gasteiger partial charge in [0.25, 0.3) is 0 Å². The Morgan fingerprint density at radius 2 is 1.86 bits per heavy atom. The third-order valence-electron chi connectivity index (χ3n) is 1.87. The van der Waals surface area contributed by atoms with E-state index >= 15 is 0 Å². The van der Waals surface area contributed by atoms with Crippen molar-refractivity contribution in [2.24, 2.45) is 5.92 Å². The topological polar surface area (TPSA) is 34.1 Å². The van der Waals surface area contributed by atoms with Crippen LogP contribution in [0.1, 0.15) is 0 Å². The molecule has 0 aromatic heterocycles. The molecule has 2 unspecified atom stereocenters. The van der Waals surface area contributed by atoms with E-state index in [2.05, 4.69) is 0 Å². The molecule has 0 bridgehead atoms. The molecule has 76 valence electrons. The Bertz CT molecular complexity index is 347. The van der Waals surface area contributed by atoms with Gasteiger partial charge in [0.15, 0.2) is 23.8 Å². The molecule has 0 saturated carbocycles. The Balaban J connectivity index is 3.32. The molecule has 0 saturated heterocycles. The van der Waals surface area contributed by atoms with Crippen molar-refractivity contribution in [2.45, 2.75) is 5.67 Å². The van der Waals surface area contributed by atoms with Crippen LogP contribution in [0.2, 0.25) is 0 Å². The molecule has 0 fully saturated rings. The Kier molecular flexibility index (Phi) is 2.55. The van der Waals surface area contributed by atoms with Gasteiger partial charge in [0, 0.05) is 0 Å². The van der Waals surface area contributed by atoms with Crippen LogP contribution in [0.5, 0.6) is 0 Å². The molecule has 0 N–H and O–H groups in total. The van der Waals surface area contributed by atoms with Crippen molar-refractivity contribution >= 4 is 12.6 Å². The lowest BCUT2D eigenvalue weighted by Crippen LogP contribution is -2.38. The van der Waals surface area contributed by atoms with Gasteiger partial charge in [-0.05, 0) is 6.08 Å². The molecule has 14 heavy (non-hydrogen) atoms. The van der Waals surface area contributed by atoms with Gasteiger partial charge < -0.3 is 4.79 Å². The lowest BCUT2D eigenvalue weighted by atomic mass is 9.86. The van der Waals surface area contributed by atoms with Crippen molar-refractivity contribution in [2.75, 3.05) is 0 Å². The van der Waals surface area contributed by atoms with Crippen molar-refractivity contribution in [3.05, 3.63) is 23.6 Å². The van der Waals surface area contributed by atoms with Crippen molar-refractivity contribution in [3.8, 4) is 0 Å². The SMILES string of the molecule is O=CC1C=C(F)C(F)=C(F)C1(F)C=O. The zero-order valence-corrected chi connectivity index (χ0v) is 6.64. The van der Waals surface area contributed by atoms with E-state index in [0.717, 1.165) is 0 Å². The summed E-state index contributed by atoms with van der Waals surface area (Å²) in [5.41, 5.74) is -3.43. The summed E-state index contributed by atoms with van der Waals surface area (Å²) >= 11 is 0. The van der Waals surface area contributed by atoms with Gasteiger partial charge in [-0.2, -0.15) is 0 Å². The Hall–Kier alpha value is -1.46. The highest BCUT2D eigenvalue weighted by Gasteiger charge is 2.48. The maximum atomic E-state index is 13.3. The summed E-state index contributed by atoms with van der Waals surface area (Å²) in [6, 6.07) is 0. The van der Waals surface area contributed by atoms with Crippen molar-refractivity contribution in [1.29, 1.82) is 0 Å². The third kappa shape index (κ3) is 1.26. The third-order valence-corrected chi connectivity index (χ3v) is 1.87. The molecular formula is C8H4F4O2.